The fourth-order valence-corrected chi connectivity index (χ4v) is 8.91. The van der Waals surface area contributed by atoms with Crippen molar-refractivity contribution in [2.45, 2.75) is 0 Å². The lowest BCUT2D eigenvalue weighted by atomic mass is 9.95. The van der Waals surface area contributed by atoms with Crippen molar-refractivity contribution >= 4 is 64.2 Å². The molecule has 0 aliphatic carbocycles. The van der Waals surface area contributed by atoms with E-state index in [0.29, 0.717) is 17.5 Å². The third-order valence-corrected chi connectivity index (χ3v) is 11.5. The molecule has 0 bridgehead atoms. The third kappa shape index (κ3) is 5.01. The zero-order valence-electron chi connectivity index (χ0n) is 28.9. The van der Waals surface area contributed by atoms with E-state index in [1.54, 1.807) is 11.3 Å². The molecule has 11 rings (SSSR count). The second-order valence-electron chi connectivity index (χ2n) is 13.6. The van der Waals surface area contributed by atoms with Crippen LogP contribution in [0.2, 0.25) is 0 Å². The van der Waals surface area contributed by atoms with Gasteiger partial charge in [0.05, 0.1) is 0 Å². The van der Waals surface area contributed by atoms with Crippen LogP contribution in [-0.4, -0.2) is 15.0 Å². The molecule has 5 heteroatoms. The minimum absolute atomic E-state index is 0.608. The zero-order valence-corrected chi connectivity index (χ0v) is 29.7. The maximum Gasteiger partial charge on any atom is 0.164 e. The van der Waals surface area contributed by atoms with E-state index < -0.39 is 0 Å². The topological polar surface area (TPSA) is 51.8 Å². The maximum atomic E-state index is 6.62. The van der Waals surface area contributed by atoms with Crippen molar-refractivity contribution in [3.05, 3.63) is 176 Å². The first-order valence-corrected chi connectivity index (χ1v) is 18.8. The smallest absolute Gasteiger partial charge is 0.164 e. The summed E-state index contributed by atoms with van der Waals surface area (Å²) in [6.45, 7) is 0. The van der Waals surface area contributed by atoms with Crippen LogP contribution in [-0.2, 0) is 0 Å². The van der Waals surface area contributed by atoms with Crippen LogP contribution in [0.1, 0.15) is 0 Å². The van der Waals surface area contributed by atoms with Gasteiger partial charge >= 0.3 is 0 Å². The third-order valence-electron chi connectivity index (χ3n) is 10.3. The van der Waals surface area contributed by atoms with E-state index in [2.05, 4.69) is 164 Å². The first-order chi connectivity index (χ1) is 26.7. The summed E-state index contributed by atoms with van der Waals surface area (Å²) in [7, 11) is 0. The Bertz CT molecular complexity index is 3220. The van der Waals surface area contributed by atoms with Gasteiger partial charge in [-0.15, -0.1) is 11.3 Å². The van der Waals surface area contributed by atoms with Gasteiger partial charge in [0.2, 0.25) is 0 Å². The first-order valence-electron chi connectivity index (χ1n) is 18.0. The van der Waals surface area contributed by atoms with E-state index >= 15 is 0 Å². The molecule has 0 saturated carbocycles. The van der Waals surface area contributed by atoms with E-state index in [0.717, 1.165) is 65.9 Å². The quantitative estimate of drug-likeness (QED) is 0.179. The lowest BCUT2D eigenvalue weighted by Gasteiger charge is -2.11. The van der Waals surface area contributed by atoms with Crippen LogP contribution in [0.15, 0.2) is 180 Å². The molecule has 3 aromatic heterocycles. The fraction of sp³-hybridized carbons (Fsp3) is 0. The number of nitrogens with zero attached hydrogens (tertiary/aromatic N) is 3. The predicted molar refractivity (Wildman–Crippen MR) is 225 cm³/mol. The summed E-state index contributed by atoms with van der Waals surface area (Å²) < 4.78 is 9.06. The Morgan fingerprint density at radius 2 is 0.963 bits per heavy atom. The molecule has 4 nitrogen and oxygen atoms in total. The lowest BCUT2D eigenvalue weighted by molar-refractivity contribution is 0.672. The summed E-state index contributed by atoms with van der Waals surface area (Å²) in [5.74, 6) is 1.87. The second kappa shape index (κ2) is 12.3. The highest BCUT2D eigenvalue weighted by Gasteiger charge is 2.20. The molecule has 0 saturated heterocycles. The number of aromatic nitrogens is 3. The van der Waals surface area contributed by atoms with Crippen molar-refractivity contribution in [2.24, 2.45) is 0 Å². The Balaban J connectivity index is 1.15. The molecule has 0 N–H and O–H groups in total. The summed E-state index contributed by atoms with van der Waals surface area (Å²) in [5, 5.41) is 6.70. The first kappa shape index (κ1) is 30.7. The van der Waals surface area contributed by atoms with Gasteiger partial charge in [-0.3, -0.25) is 0 Å². The van der Waals surface area contributed by atoms with Crippen LogP contribution in [0.3, 0.4) is 0 Å². The van der Waals surface area contributed by atoms with Crippen molar-refractivity contribution in [1.29, 1.82) is 0 Å². The molecular formula is C49H29N3OS. The molecule has 0 amide bonds. The van der Waals surface area contributed by atoms with Crippen LogP contribution in [0.4, 0.5) is 0 Å². The van der Waals surface area contributed by atoms with E-state index in [9.17, 15) is 0 Å². The van der Waals surface area contributed by atoms with Gasteiger partial charge in [0.15, 0.2) is 17.5 Å². The summed E-state index contributed by atoms with van der Waals surface area (Å²) in [4.78, 5) is 15.7. The molecule has 0 aliphatic heterocycles. The highest BCUT2D eigenvalue weighted by Crippen LogP contribution is 2.42. The number of rotatable bonds is 5. The maximum absolute atomic E-state index is 6.62. The van der Waals surface area contributed by atoms with Crippen molar-refractivity contribution < 1.29 is 4.42 Å². The van der Waals surface area contributed by atoms with Crippen molar-refractivity contribution in [2.75, 3.05) is 0 Å². The molecule has 0 unspecified atom stereocenters. The molecule has 11 aromatic rings. The molecule has 3 heterocycles. The number of furan rings is 1. The van der Waals surface area contributed by atoms with E-state index in [4.69, 9.17) is 19.4 Å². The number of hydrogen-bond donors (Lipinski definition) is 0. The summed E-state index contributed by atoms with van der Waals surface area (Å²) in [5.41, 5.74) is 9.10. The minimum atomic E-state index is 0.608. The fourth-order valence-electron chi connectivity index (χ4n) is 7.78. The van der Waals surface area contributed by atoms with Gasteiger partial charge in [0.1, 0.15) is 11.2 Å². The van der Waals surface area contributed by atoms with Crippen molar-refractivity contribution in [3.8, 4) is 56.4 Å². The predicted octanol–water partition coefficient (Wildman–Crippen LogP) is 13.6. The van der Waals surface area contributed by atoms with Gasteiger partial charge in [-0.05, 0) is 70.1 Å². The highest BCUT2D eigenvalue weighted by molar-refractivity contribution is 7.25. The van der Waals surface area contributed by atoms with Crippen molar-refractivity contribution in [3.63, 3.8) is 0 Å². The molecule has 0 atom stereocenters. The van der Waals surface area contributed by atoms with Gasteiger partial charge in [0.25, 0.3) is 0 Å². The standard InChI is InChI=1S/C49H29N3OS/c1-3-13-30(14-4-1)32-17-11-18-33(27-32)47-50-48(52-49(51-47)38-22-12-24-44-45(38)37-21-9-10-23-43(37)54-44)34-25-26-42-40(28-34)41-29-39(31-15-5-2-6-16-31)35-19-7-8-20-36(35)46(41)53-42/h1-29H. The van der Waals surface area contributed by atoms with Crippen molar-refractivity contribution in [1.82, 2.24) is 15.0 Å². The molecule has 0 spiro atoms. The van der Waals surface area contributed by atoms with E-state index in [1.165, 1.54) is 25.9 Å². The van der Waals surface area contributed by atoms with Gasteiger partial charge in [-0.1, -0.05) is 133 Å². The normalized spacial score (nSPS) is 11.7. The highest BCUT2D eigenvalue weighted by atomic mass is 32.1. The summed E-state index contributed by atoms with van der Waals surface area (Å²) in [6.07, 6.45) is 0. The van der Waals surface area contributed by atoms with E-state index in [1.807, 2.05) is 12.1 Å². The Labute approximate surface area is 314 Å². The van der Waals surface area contributed by atoms with E-state index in [-0.39, 0.29) is 0 Å². The number of fused-ring (bicyclic) bond motifs is 8. The molecular weight excluding hydrogens is 679 g/mol. The zero-order chi connectivity index (χ0) is 35.6. The van der Waals surface area contributed by atoms with Crippen LogP contribution in [0.5, 0.6) is 0 Å². The monoisotopic (exact) mass is 707 g/mol. The van der Waals surface area contributed by atoms with Crippen LogP contribution in [0.25, 0.3) is 109 Å². The number of benzene rings is 8. The molecule has 54 heavy (non-hydrogen) atoms. The summed E-state index contributed by atoms with van der Waals surface area (Å²) >= 11 is 1.79. The largest absolute Gasteiger partial charge is 0.455 e. The minimum Gasteiger partial charge on any atom is -0.455 e. The van der Waals surface area contributed by atoms with Gasteiger partial charge in [-0.25, -0.2) is 15.0 Å². The van der Waals surface area contributed by atoms with Gasteiger partial charge in [-0.2, -0.15) is 0 Å². The molecule has 0 radical (unpaired) electrons. The SMILES string of the molecule is c1ccc(-c2cccc(-c3nc(-c4ccc5oc6c7ccccc7c(-c7ccccc7)cc6c5c4)nc(-c4cccc5sc6ccccc6c45)n3)c2)cc1. The Hall–Kier alpha value is -6.95. The Kier molecular flexibility index (Phi) is 7.00. The van der Waals surface area contributed by atoms with Crippen LogP contribution < -0.4 is 0 Å². The second-order valence-corrected chi connectivity index (χ2v) is 14.6. The Morgan fingerprint density at radius 1 is 0.352 bits per heavy atom. The molecule has 0 fully saturated rings. The average molecular weight is 708 g/mol. The number of thiophene rings is 1. The van der Waals surface area contributed by atoms with Crippen LogP contribution in [0, 0.1) is 0 Å². The molecule has 0 aliphatic rings. The lowest BCUT2D eigenvalue weighted by Crippen LogP contribution is -2.00. The molecule has 252 valence electrons. The number of hydrogen-bond acceptors (Lipinski definition) is 5. The van der Waals surface area contributed by atoms with Gasteiger partial charge in [0, 0.05) is 53.0 Å². The van der Waals surface area contributed by atoms with Crippen LogP contribution >= 0.6 is 11.3 Å². The molecule has 8 aromatic carbocycles. The average Bonchev–Trinajstić information content (AvgIpc) is 3.82. The Morgan fingerprint density at radius 3 is 1.78 bits per heavy atom. The van der Waals surface area contributed by atoms with Gasteiger partial charge < -0.3 is 4.42 Å². The summed E-state index contributed by atoms with van der Waals surface area (Å²) in [6, 6.07) is 61.5.